The van der Waals surface area contributed by atoms with Crippen molar-refractivity contribution in [3.8, 4) is 22.9 Å². The number of halogens is 1. The number of ether oxygens (including phenoxy) is 2. The van der Waals surface area contributed by atoms with Gasteiger partial charge in [0.15, 0.2) is 17.2 Å². The van der Waals surface area contributed by atoms with Crippen molar-refractivity contribution in [2.24, 2.45) is 0 Å². The maximum Gasteiger partial charge on any atom is 0.263 e. The third kappa shape index (κ3) is 5.17. The molecule has 1 amide bonds. The predicted molar refractivity (Wildman–Crippen MR) is 126 cm³/mol. The van der Waals surface area contributed by atoms with E-state index in [1.807, 2.05) is 13.8 Å². The highest BCUT2D eigenvalue weighted by atomic mass is 19.1. The molecule has 3 heterocycles. The van der Waals surface area contributed by atoms with Crippen LogP contribution in [0.15, 0.2) is 35.3 Å². The Morgan fingerprint density at radius 2 is 2.06 bits per heavy atom. The molecule has 9 nitrogen and oxygen atoms in total. The zero-order valence-electron chi connectivity index (χ0n) is 19.4. The Labute approximate surface area is 196 Å². The number of methoxy groups -OCH3 is 1. The van der Waals surface area contributed by atoms with Crippen molar-refractivity contribution in [1.82, 2.24) is 25.2 Å². The largest absolute Gasteiger partial charge is 0.494 e. The Bertz CT molecular complexity index is 1250. The number of nitrogens with one attached hydrogen (secondary N) is 2. The minimum atomic E-state index is -0.545. The van der Waals surface area contributed by atoms with Crippen molar-refractivity contribution in [2.45, 2.75) is 45.4 Å². The summed E-state index contributed by atoms with van der Waals surface area (Å²) in [5.41, 5.74) is 0.193. The Hall–Kier alpha value is -3.53. The lowest BCUT2D eigenvalue weighted by Crippen LogP contribution is -2.37. The van der Waals surface area contributed by atoms with E-state index in [9.17, 15) is 14.0 Å². The van der Waals surface area contributed by atoms with Crippen LogP contribution in [0.1, 0.15) is 26.7 Å². The number of pyridine rings is 1. The first kappa shape index (κ1) is 23.6. The number of rotatable bonds is 7. The monoisotopic (exact) mass is 469 g/mol. The fourth-order valence-corrected chi connectivity index (χ4v) is 3.93. The minimum Gasteiger partial charge on any atom is -0.494 e. The van der Waals surface area contributed by atoms with Gasteiger partial charge >= 0.3 is 0 Å². The Morgan fingerprint density at radius 3 is 2.76 bits per heavy atom. The molecule has 1 aliphatic heterocycles. The molecule has 0 radical (unpaired) electrons. The van der Waals surface area contributed by atoms with Crippen LogP contribution in [0, 0.1) is 5.82 Å². The van der Waals surface area contributed by atoms with Crippen molar-refractivity contribution in [2.75, 3.05) is 20.2 Å². The van der Waals surface area contributed by atoms with Crippen molar-refractivity contribution in [3.63, 3.8) is 0 Å². The molecule has 0 bridgehead atoms. The number of carbonyl (C=O) groups is 1. The Kier molecular flexibility index (Phi) is 7.06. The second-order valence-electron chi connectivity index (χ2n) is 8.51. The van der Waals surface area contributed by atoms with Crippen LogP contribution in [0.3, 0.4) is 0 Å². The molecule has 34 heavy (non-hydrogen) atoms. The summed E-state index contributed by atoms with van der Waals surface area (Å²) >= 11 is 0. The number of nitrogens with zero attached hydrogens (tertiary/aromatic N) is 3. The number of hydrogen-bond donors (Lipinski definition) is 2. The molecule has 1 saturated heterocycles. The van der Waals surface area contributed by atoms with Gasteiger partial charge in [-0.1, -0.05) is 0 Å². The quantitative estimate of drug-likeness (QED) is 0.547. The van der Waals surface area contributed by atoms with Gasteiger partial charge in [-0.05, 0) is 64.0 Å². The highest BCUT2D eigenvalue weighted by Crippen LogP contribution is 2.26. The molecule has 0 unspecified atom stereocenters. The van der Waals surface area contributed by atoms with Crippen molar-refractivity contribution in [3.05, 3.63) is 46.6 Å². The number of carbonyl (C=O) groups excluding carboxylic acids is 1. The first-order valence-electron chi connectivity index (χ1n) is 11.3. The third-order valence-electron chi connectivity index (χ3n) is 5.53. The molecule has 2 N–H and O–H groups in total. The van der Waals surface area contributed by atoms with Gasteiger partial charge in [0.05, 0.1) is 18.7 Å². The van der Waals surface area contributed by atoms with E-state index < -0.39 is 11.4 Å². The lowest BCUT2D eigenvalue weighted by molar-refractivity contribution is -0.122. The number of amides is 1. The molecule has 1 fully saturated rings. The normalized spacial score (nSPS) is 14.4. The van der Waals surface area contributed by atoms with E-state index in [1.54, 1.807) is 12.3 Å². The maximum atomic E-state index is 14.0. The molecule has 0 aliphatic carbocycles. The maximum absolute atomic E-state index is 14.0. The van der Waals surface area contributed by atoms with Crippen LogP contribution < -0.4 is 25.7 Å². The van der Waals surface area contributed by atoms with Gasteiger partial charge in [0.25, 0.3) is 5.56 Å². The number of fused-ring (bicyclic) bond motifs is 1. The van der Waals surface area contributed by atoms with E-state index in [0.717, 1.165) is 25.9 Å². The summed E-state index contributed by atoms with van der Waals surface area (Å²) in [6.45, 7) is 5.15. The molecule has 180 valence electrons. The number of hydrogen-bond acceptors (Lipinski definition) is 7. The average Bonchev–Trinajstić information content (AvgIpc) is 2.81. The van der Waals surface area contributed by atoms with E-state index in [4.69, 9.17) is 9.47 Å². The van der Waals surface area contributed by atoms with E-state index in [0.29, 0.717) is 11.3 Å². The molecule has 10 heteroatoms. The number of piperidine rings is 1. The van der Waals surface area contributed by atoms with Gasteiger partial charge in [0, 0.05) is 11.6 Å². The van der Waals surface area contributed by atoms with Gasteiger partial charge in [-0.15, -0.1) is 0 Å². The second-order valence-corrected chi connectivity index (χ2v) is 8.51. The molecule has 1 aromatic carbocycles. The Balaban J connectivity index is 1.81. The summed E-state index contributed by atoms with van der Waals surface area (Å²) in [5, 5.41) is 6.31. The summed E-state index contributed by atoms with van der Waals surface area (Å²) in [4.78, 5) is 35.0. The second kappa shape index (κ2) is 10.2. The van der Waals surface area contributed by atoms with E-state index in [2.05, 4.69) is 20.6 Å². The van der Waals surface area contributed by atoms with Crippen LogP contribution in [0.2, 0.25) is 0 Å². The van der Waals surface area contributed by atoms with E-state index in [-0.39, 0.29) is 47.2 Å². The van der Waals surface area contributed by atoms with Crippen LogP contribution >= 0.6 is 0 Å². The highest BCUT2D eigenvalue weighted by Gasteiger charge is 2.20. The lowest BCUT2D eigenvalue weighted by atomic mass is 10.1. The predicted octanol–water partition coefficient (Wildman–Crippen LogP) is 2.26. The van der Waals surface area contributed by atoms with Gasteiger partial charge in [0.1, 0.15) is 24.2 Å². The number of aromatic nitrogens is 3. The molecule has 3 aromatic rings. The van der Waals surface area contributed by atoms with Crippen LogP contribution in [-0.4, -0.2) is 52.8 Å². The van der Waals surface area contributed by atoms with Gasteiger partial charge in [-0.3, -0.25) is 14.2 Å². The summed E-state index contributed by atoms with van der Waals surface area (Å²) in [5.74, 6) is -0.217. The van der Waals surface area contributed by atoms with Gasteiger partial charge in [0.2, 0.25) is 5.91 Å². The van der Waals surface area contributed by atoms with Crippen LogP contribution in [0.5, 0.6) is 11.5 Å². The Morgan fingerprint density at radius 1 is 1.29 bits per heavy atom. The van der Waals surface area contributed by atoms with Crippen molar-refractivity contribution < 1.29 is 18.7 Å². The molecule has 2 aromatic heterocycles. The van der Waals surface area contributed by atoms with E-state index >= 15 is 0 Å². The first-order chi connectivity index (χ1) is 16.4. The van der Waals surface area contributed by atoms with Gasteiger partial charge in [-0.25, -0.2) is 14.4 Å². The molecule has 0 saturated carbocycles. The highest BCUT2D eigenvalue weighted by molar-refractivity contribution is 5.80. The average molecular weight is 470 g/mol. The first-order valence-corrected chi connectivity index (χ1v) is 11.3. The molecular weight excluding hydrogens is 441 g/mol. The summed E-state index contributed by atoms with van der Waals surface area (Å²) in [6, 6.07) is 5.67. The summed E-state index contributed by atoms with van der Waals surface area (Å²) < 4.78 is 26.4. The van der Waals surface area contributed by atoms with Crippen LogP contribution in [-0.2, 0) is 11.3 Å². The SMILES string of the molecule is COc1cc(-c2nc3ncc(OC4CCNCC4)cc3c(=O)n2CC(=O)NC(C)C)ccc1F. The van der Waals surface area contributed by atoms with Gasteiger partial charge in [-0.2, -0.15) is 0 Å². The van der Waals surface area contributed by atoms with Gasteiger partial charge < -0.3 is 20.1 Å². The van der Waals surface area contributed by atoms with Crippen molar-refractivity contribution >= 4 is 16.9 Å². The molecule has 0 spiro atoms. The summed E-state index contributed by atoms with van der Waals surface area (Å²) in [6.07, 6.45) is 3.31. The topological polar surface area (TPSA) is 107 Å². The smallest absolute Gasteiger partial charge is 0.263 e. The number of benzene rings is 1. The molecule has 4 rings (SSSR count). The summed E-state index contributed by atoms with van der Waals surface area (Å²) in [7, 11) is 1.35. The molecule has 1 aliphatic rings. The fourth-order valence-electron chi connectivity index (χ4n) is 3.93. The zero-order chi connectivity index (χ0) is 24.2. The van der Waals surface area contributed by atoms with Crippen LogP contribution in [0.4, 0.5) is 4.39 Å². The lowest BCUT2D eigenvalue weighted by Gasteiger charge is -2.23. The third-order valence-corrected chi connectivity index (χ3v) is 5.53. The minimum absolute atomic E-state index is 0.00343. The molecule has 0 atom stereocenters. The van der Waals surface area contributed by atoms with E-state index in [1.165, 1.54) is 29.9 Å². The zero-order valence-corrected chi connectivity index (χ0v) is 19.4. The van der Waals surface area contributed by atoms with Crippen molar-refractivity contribution in [1.29, 1.82) is 0 Å². The fraction of sp³-hybridized carbons (Fsp3) is 0.417. The standard InChI is InChI=1S/C24H28FN5O4/c1-14(2)28-21(31)13-30-23(15-4-5-19(25)20(10-15)33-3)29-22-18(24(30)32)11-17(12-27-22)34-16-6-8-26-9-7-16/h4-5,10-12,14,16,26H,6-9,13H2,1-3H3,(H,28,31). The van der Waals surface area contributed by atoms with Crippen LogP contribution in [0.25, 0.3) is 22.4 Å². The molecular formula is C24H28FN5O4.